The maximum absolute atomic E-state index is 5.91. The Morgan fingerprint density at radius 1 is 1.32 bits per heavy atom. The van der Waals surface area contributed by atoms with E-state index in [1.54, 1.807) is 11.3 Å². The van der Waals surface area contributed by atoms with Gasteiger partial charge in [0.2, 0.25) is 0 Å². The molecular formula is C17H23N3OS. The average molecular weight is 317 g/mol. The van der Waals surface area contributed by atoms with Crippen LogP contribution in [0.5, 0.6) is 5.75 Å². The van der Waals surface area contributed by atoms with Gasteiger partial charge in [-0.05, 0) is 51.8 Å². The van der Waals surface area contributed by atoms with Crippen molar-refractivity contribution in [3.8, 4) is 5.75 Å². The largest absolute Gasteiger partial charge is 0.493 e. The zero-order chi connectivity index (χ0) is 15.4. The molecule has 0 amide bonds. The molecule has 0 saturated carbocycles. The van der Waals surface area contributed by atoms with Gasteiger partial charge in [-0.1, -0.05) is 0 Å². The molecule has 0 N–H and O–H groups in total. The topological polar surface area (TPSA) is 38.2 Å². The number of aromatic nitrogens is 2. The molecule has 118 valence electrons. The van der Waals surface area contributed by atoms with Crippen LogP contribution in [0.25, 0.3) is 0 Å². The van der Waals surface area contributed by atoms with Crippen LogP contribution in [-0.4, -0.2) is 34.6 Å². The number of thiazole rings is 1. The van der Waals surface area contributed by atoms with Gasteiger partial charge in [0.05, 0.1) is 17.3 Å². The standard InChI is InChI=1S/C17H23N3OS/c1-13-9-17(3-6-18-13)21-11-15-4-7-20(8-5-15)10-16-12-22-14(2)19-16/h3,6,9,12,15H,4-5,7-8,10-11H2,1-2H3. The molecule has 0 aromatic carbocycles. The molecule has 1 fully saturated rings. The molecule has 0 unspecified atom stereocenters. The molecule has 0 radical (unpaired) electrons. The summed E-state index contributed by atoms with van der Waals surface area (Å²) in [5.41, 5.74) is 2.22. The molecule has 1 aliphatic heterocycles. The number of pyridine rings is 1. The lowest BCUT2D eigenvalue weighted by molar-refractivity contribution is 0.136. The van der Waals surface area contributed by atoms with E-state index in [0.717, 1.165) is 42.7 Å². The first kappa shape index (κ1) is 15.4. The Kier molecular flexibility index (Phi) is 5.05. The highest BCUT2D eigenvalue weighted by Crippen LogP contribution is 2.21. The number of likely N-dealkylation sites (tertiary alicyclic amines) is 1. The zero-order valence-corrected chi connectivity index (χ0v) is 14.1. The SMILES string of the molecule is Cc1cc(OCC2CCN(Cc3csc(C)n3)CC2)ccn1. The van der Waals surface area contributed by atoms with E-state index >= 15 is 0 Å². The Hall–Kier alpha value is -1.46. The second kappa shape index (κ2) is 7.20. The van der Waals surface area contributed by atoms with Crippen LogP contribution in [0.2, 0.25) is 0 Å². The van der Waals surface area contributed by atoms with Crippen LogP contribution in [0.15, 0.2) is 23.7 Å². The van der Waals surface area contributed by atoms with Crippen LogP contribution in [0.1, 0.15) is 29.2 Å². The zero-order valence-electron chi connectivity index (χ0n) is 13.3. The van der Waals surface area contributed by atoms with E-state index in [-0.39, 0.29) is 0 Å². The van der Waals surface area contributed by atoms with E-state index in [2.05, 4.69) is 27.2 Å². The molecule has 3 heterocycles. The number of piperidine rings is 1. The summed E-state index contributed by atoms with van der Waals surface area (Å²) in [6.07, 6.45) is 4.21. The Morgan fingerprint density at radius 3 is 2.82 bits per heavy atom. The second-order valence-electron chi connectivity index (χ2n) is 6.02. The number of nitrogens with zero attached hydrogens (tertiary/aromatic N) is 3. The van der Waals surface area contributed by atoms with Crippen molar-refractivity contribution in [3.05, 3.63) is 40.1 Å². The monoisotopic (exact) mass is 317 g/mol. The number of hydrogen-bond acceptors (Lipinski definition) is 5. The van der Waals surface area contributed by atoms with E-state index in [1.807, 2.05) is 25.3 Å². The number of ether oxygens (including phenoxy) is 1. The molecule has 5 heteroatoms. The van der Waals surface area contributed by atoms with Gasteiger partial charge in [-0.3, -0.25) is 9.88 Å². The number of aryl methyl sites for hydroxylation is 2. The van der Waals surface area contributed by atoms with Gasteiger partial charge >= 0.3 is 0 Å². The fraction of sp³-hybridized carbons (Fsp3) is 0.529. The van der Waals surface area contributed by atoms with Gasteiger partial charge < -0.3 is 4.74 Å². The third kappa shape index (κ3) is 4.27. The molecule has 2 aromatic heterocycles. The van der Waals surface area contributed by atoms with Gasteiger partial charge in [-0.25, -0.2) is 4.98 Å². The van der Waals surface area contributed by atoms with Gasteiger partial charge in [0.1, 0.15) is 5.75 Å². The van der Waals surface area contributed by atoms with E-state index in [4.69, 9.17) is 4.74 Å². The Balaban J connectivity index is 1.42. The third-order valence-corrected chi connectivity index (χ3v) is 4.94. The van der Waals surface area contributed by atoms with Crippen LogP contribution < -0.4 is 4.74 Å². The van der Waals surface area contributed by atoms with Crippen LogP contribution in [0, 0.1) is 19.8 Å². The Labute approximate surface area is 136 Å². The molecular weight excluding hydrogens is 294 g/mol. The molecule has 0 spiro atoms. The highest BCUT2D eigenvalue weighted by Gasteiger charge is 2.20. The van der Waals surface area contributed by atoms with E-state index in [9.17, 15) is 0 Å². The fourth-order valence-electron chi connectivity index (χ4n) is 2.84. The summed E-state index contributed by atoms with van der Waals surface area (Å²) in [5, 5.41) is 3.34. The normalized spacial score (nSPS) is 16.8. The number of hydrogen-bond donors (Lipinski definition) is 0. The van der Waals surface area contributed by atoms with Gasteiger partial charge in [-0.2, -0.15) is 0 Å². The smallest absolute Gasteiger partial charge is 0.122 e. The lowest BCUT2D eigenvalue weighted by atomic mass is 9.98. The van der Waals surface area contributed by atoms with Crippen molar-refractivity contribution in [3.63, 3.8) is 0 Å². The van der Waals surface area contributed by atoms with Crippen LogP contribution in [0.3, 0.4) is 0 Å². The van der Waals surface area contributed by atoms with Crippen LogP contribution in [0.4, 0.5) is 0 Å². The van der Waals surface area contributed by atoms with Gasteiger partial charge in [0.15, 0.2) is 0 Å². The minimum atomic E-state index is 0.655. The fourth-order valence-corrected chi connectivity index (χ4v) is 3.45. The molecule has 0 aliphatic carbocycles. The predicted molar refractivity (Wildman–Crippen MR) is 89.3 cm³/mol. The van der Waals surface area contributed by atoms with Crippen molar-refractivity contribution >= 4 is 11.3 Å². The van der Waals surface area contributed by atoms with Crippen molar-refractivity contribution in [1.29, 1.82) is 0 Å². The summed E-state index contributed by atoms with van der Waals surface area (Å²) in [6, 6.07) is 3.94. The van der Waals surface area contributed by atoms with Crippen molar-refractivity contribution in [2.75, 3.05) is 19.7 Å². The summed E-state index contributed by atoms with van der Waals surface area (Å²) >= 11 is 1.74. The lowest BCUT2D eigenvalue weighted by Gasteiger charge is -2.31. The van der Waals surface area contributed by atoms with Gasteiger partial charge in [-0.15, -0.1) is 11.3 Å². The van der Waals surface area contributed by atoms with E-state index < -0.39 is 0 Å². The van der Waals surface area contributed by atoms with Crippen molar-refractivity contribution in [2.45, 2.75) is 33.2 Å². The third-order valence-electron chi connectivity index (χ3n) is 4.11. The lowest BCUT2D eigenvalue weighted by Crippen LogP contribution is -2.35. The van der Waals surface area contributed by atoms with E-state index in [0.29, 0.717) is 5.92 Å². The highest BCUT2D eigenvalue weighted by atomic mass is 32.1. The summed E-state index contributed by atoms with van der Waals surface area (Å²) in [4.78, 5) is 11.3. The molecule has 1 saturated heterocycles. The Bertz CT molecular complexity index is 605. The quantitative estimate of drug-likeness (QED) is 0.846. The van der Waals surface area contributed by atoms with Crippen LogP contribution in [-0.2, 0) is 6.54 Å². The molecule has 4 nitrogen and oxygen atoms in total. The predicted octanol–water partition coefficient (Wildman–Crippen LogP) is 3.45. The highest BCUT2D eigenvalue weighted by molar-refractivity contribution is 7.09. The molecule has 3 rings (SSSR count). The average Bonchev–Trinajstić information content (AvgIpc) is 2.92. The minimum Gasteiger partial charge on any atom is -0.493 e. The van der Waals surface area contributed by atoms with Crippen molar-refractivity contribution in [2.24, 2.45) is 5.92 Å². The van der Waals surface area contributed by atoms with Gasteiger partial charge in [0.25, 0.3) is 0 Å². The first-order valence-electron chi connectivity index (χ1n) is 7.88. The van der Waals surface area contributed by atoms with Gasteiger partial charge in [0, 0.05) is 29.9 Å². The molecule has 1 aliphatic rings. The maximum Gasteiger partial charge on any atom is 0.122 e. The maximum atomic E-state index is 5.91. The molecule has 2 aromatic rings. The molecule has 0 atom stereocenters. The summed E-state index contributed by atoms with van der Waals surface area (Å²) in [6.45, 7) is 8.14. The summed E-state index contributed by atoms with van der Waals surface area (Å²) in [7, 11) is 0. The van der Waals surface area contributed by atoms with Crippen molar-refractivity contribution < 1.29 is 4.74 Å². The first-order chi connectivity index (χ1) is 10.7. The summed E-state index contributed by atoms with van der Waals surface area (Å²) in [5.74, 6) is 1.59. The minimum absolute atomic E-state index is 0.655. The molecule has 22 heavy (non-hydrogen) atoms. The second-order valence-corrected chi connectivity index (χ2v) is 7.08. The Morgan fingerprint density at radius 2 is 2.14 bits per heavy atom. The van der Waals surface area contributed by atoms with Crippen LogP contribution >= 0.6 is 11.3 Å². The van der Waals surface area contributed by atoms with Crippen molar-refractivity contribution in [1.82, 2.24) is 14.9 Å². The first-order valence-corrected chi connectivity index (χ1v) is 8.76. The van der Waals surface area contributed by atoms with E-state index in [1.165, 1.54) is 18.5 Å². The molecule has 0 bridgehead atoms. The summed E-state index contributed by atoms with van der Waals surface area (Å²) < 4.78 is 5.91. The number of rotatable bonds is 5.